The fourth-order valence-electron chi connectivity index (χ4n) is 2.35. The molecule has 0 aromatic heterocycles. The third-order valence-electron chi connectivity index (χ3n) is 3.30. The SMILES string of the molecule is CSc1cccc(N2CCOCC2C(N)=O)c1CN. The molecule has 0 radical (unpaired) electrons. The molecule has 0 saturated carbocycles. The van der Waals surface area contributed by atoms with Crippen molar-refractivity contribution >= 4 is 23.4 Å². The van der Waals surface area contributed by atoms with Gasteiger partial charge in [-0.05, 0) is 18.4 Å². The van der Waals surface area contributed by atoms with Crippen molar-refractivity contribution in [3.05, 3.63) is 23.8 Å². The lowest BCUT2D eigenvalue weighted by Crippen LogP contribution is -2.53. The van der Waals surface area contributed by atoms with Gasteiger partial charge in [-0.1, -0.05) is 6.07 Å². The molecule has 5 nitrogen and oxygen atoms in total. The maximum absolute atomic E-state index is 11.6. The number of hydrogen-bond acceptors (Lipinski definition) is 5. The molecule has 6 heteroatoms. The third-order valence-corrected chi connectivity index (χ3v) is 4.12. The Bertz CT molecular complexity index is 467. The third kappa shape index (κ3) is 2.86. The molecule has 19 heavy (non-hydrogen) atoms. The van der Waals surface area contributed by atoms with Crippen molar-refractivity contribution in [2.45, 2.75) is 17.5 Å². The van der Waals surface area contributed by atoms with Crippen LogP contribution in [0.4, 0.5) is 5.69 Å². The Morgan fingerprint density at radius 1 is 1.58 bits per heavy atom. The number of thioether (sulfide) groups is 1. The van der Waals surface area contributed by atoms with Crippen LogP contribution in [0, 0.1) is 0 Å². The quantitative estimate of drug-likeness (QED) is 0.788. The summed E-state index contributed by atoms with van der Waals surface area (Å²) in [6.07, 6.45) is 2.02. The predicted octanol–water partition coefficient (Wildman–Crippen LogP) is 0.558. The number of rotatable bonds is 4. The Balaban J connectivity index is 2.41. The highest BCUT2D eigenvalue weighted by molar-refractivity contribution is 7.98. The van der Waals surface area contributed by atoms with Crippen molar-refractivity contribution in [3.63, 3.8) is 0 Å². The van der Waals surface area contributed by atoms with E-state index in [4.69, 9.17) is 16.2 Å². The molecule has 0 spiro atoms. The van der Waals surface area contributed by atoms with Crippen LogP contribution in [0.15, 0.2) is 23.1 Å². The van der Waals surface area contributed by atoms with Gasteiger partial charge in [0.05, 0.1) is 13.2 Å². The number of benzene rings is 1. The van der Waals surface area contributed by atoms with Crippen molar-refractivity contribution in [3.8, 4) is 0 Å². The lowest BCUT2D eigenvalue weighted by atomic mass is 10.1. The number of amides is 1. The Labute approximate surface area is 117 Å². The number of ether oxygens (including phenoxy) is 1. The van der Waals surface area contributed by atoms with Gasteiger partial charge in [-0.15, -0.1) is 11.8 Å². The summed E-state index contributed by atoms with van der Waals surface area (Å²) < 4.78 is 5.35. The van der Waals surface area contributed by atoms with Crippen LogP contribution in [0.3, 0.4) is 0 Å². The average Bonchev–Trinajstić information content (AvgIpc) is 2.46. The first-order valence-corrected chi connectivity index (χ1v) is 7.41. The van der Waals surface area contributed by atoms with E-state index in [2.05, 4.69) is 0 Å². The standard InChI is InChI=1S/C13H19N3O2S/c1-19-12-4-2-3-10(9(12)7-14)16-5-6-18-8-11(16)13(15)17/h2-4,11H,5-8,14H2,1H3,(H2,15,17). The van der Waals surface area contributed by atoms with Crippen molar-refractivity contribution in [2.24, 2.45) is 11.5 Å². The second-order valence-corrected chi connectivity index (χ2v) is 5.20. The second-order valence-electron chi connectivity index (χ2n) is 4.35. The van der Waals surface area contributed by atoms with Crippen LogP contribution in [-0.4, -0.2) is 38.0 Å². The number of nitrogens with zero attached hydrogens (tertiary/aromatic N) is 1. The average molecular weight is 281 g/mol. The van der Waals surface area contributed by atoms with E-state index in [-0.39, 0.29) is 5.91 Å². The number of primary amides is 1. The van der Waals surface area contributed by atoms with Gasteiger partial charge in [0.2, 0.25) is 5.91 Å². The molecule has 1 atom stereocenters. The van der Waals surface area contributed by atoms with Crippen LogP contribution in [-0.2, 0) is 16.1 Å². The molecule has 104 valence electrons. The van der Waals surface area contributed by atoms with Gasteiger partial charge in [-0.25, -0.2) is 0 Å². The lowest BCUT2D eigenvalue weighted by molar-refractivity contribution is -0.121. The highest BCUT2D eigenvalue weighted by Crippen LogP contribution is 2.31. The van der Waals surface area contributed by atoms with Crippen molar-refractivity contribution in [1.82, 2.24) is 0 Å². The zero-order valence-corrected chi connectivity index (χ0v) is 11.8. The Morgan fingerprint density at radius 3 is 3.00 bits per heavy atom. The van der Waals surface area contributed by atoms with Crippen LogP contribution < -0.4 is 16.4 Å². The maximum atomic E-state index is 11.6. The summed E-state index contributed by atoms with van der Waals surface area (Å²) >= 11 is 1.65. The number of carbonyl (C=O) groups is 1. The zero-order valence-electron chi connectivity index (χ0n) is 11.0. The zero-order chi connectivity index (χ0) is 13.8. The molecule has 0 aliphatic carbocycles. The van der Waals surface area contributed by atoms with E-state index in [0.717, 1.165) is 16.1 Å². The molecule has 4 N–H and O–H groups in total. The largest absolute Gasteiger partial charge is 0.377 e. The van der Waals surface area contributed by atoms with Gasteiger partial charge in [-0.2, -0.15) is 0 Å². The minimum atomic E-state index is -0.420. The topological polar surface area (TPSA) is 81.6 Å². The molecule has 0 bridgehead atoms. The van der Waals surface area contributed by atoms with Gasteiger partial charge >= 0.3 is 0 Å². The van der Waals surface area contributed by atoms with Gasteiger partial charge in [0, 0.05) is 29.2 Å². The fraction of sp³-hybridized carbons (Fsp3) is 0.462. The van der Waals surface area contributed by atoms with Crippen LogP contribution in [0.1, 0.15) is 5.56 Å². The molecule has 1 unspecified atom stereocenters. The molecular weight excluding hydrogens is 262 g/mol. The minimum Gasteiger partial charge on any atom is -0.377 e. The maximum Gasteiger partial charge on any atom is 0.242 e. The fourth-order valence-corrected chi connectivity index (χ4v) is 3.00. The number of hydrogen-bond donors (Lipinski definition) is 2. The predicted molar refractivity (Wildman–Crippen MR) is 77.3 cm³/mol. The van der Waals surface area contributed by atoms with E-state index in [1.54, 1.807) is 11.8 Å². The summed E-state index contributed by atoms with van der Waals surface area (Å²) in [5.74, 6) is -0.364. The Kier molecular flexibility index (Phi) is 4.68. The molecule has 1 aliphatic heterocycles. The van der Waals surface area contributed by atoms with Crippen LogP contribution in [0.5, 0.6) is 0 Å². The molecule has 1 saturated heterocycles. The summed E-state index contributed by atoms with van der Waals surface area (Å²) in [5, 5.41) is 0. The van der Waals surface area contributed by atoms with Crippen molar-refractivity contribution < 1.29 is 9.53 Å². The highest BCUT2D eigenvalue weighted by atomic mass is 32.2. The number of nitrogens with two attached hydrogens (primary N) is 2. The first kappa shape index (κ1) is 14.2. The first-order chi connectivity index (χ1) is 9.19. The van der Waals surface area contributed by atoms with Gasteiger partial charge in [0.1, 0.15) is 6.04 Å². The molecule has 2 rings (SSSR count). The van der Waals surface area contributed by atoms with E-state index in [1.165, 1.54) is 0 Å². The van der Waals surface area contributed by atoms with Gasteiger partial charge in [0.15, 0.2) is 0 Å². The second kappa shape index (κ2) is 6.27. The van der Waals surface area contributed by atoms with Crippen LogP contribution in [0.2, 0.25) is 0 Å². The Hall–Kier alpha value is -1.24. The summed E-state index contributed by atoms with van der Waals surface area (Å²) in [5.41, 5.74) is 13.4. The smallest absolute Gasteiger partial charge is 0.242 e. The monoisotopic (exact) mass is 281 g/mol. The van der Waals surface area contributed by atoms with E-state index >= 15 is 0 Å². The van der Waals surface area contributed by atoms with E-state index in [9.17, 15) is 4.79 Å². The Morgan fingerprint density at radius 2 is 2.37 bits per heavy atom. The molecule has 1 fully saturated rings. The molecule has 1 amide bonds. The summed E-state index contributed by atoms with van der Waals surface area (Å²) in [6, 6.07) is 5.59. The van der Waals surface area contributed by atoms with Crippen molar-refractivity contribution in [1.29, 1.82) is 0 Å². The first-order valence-electron chi connectivity index (χ1n) is 6.18. The number of anilines is 1. The summed E-state index contributed by atoms with van der Waals surface area (Å²) in [6.45, 7) is 2.02. The van der Waals surface area contributed by atoms with Gasteiger partial charge < -0.3 is 21.1 Å². The van der Waals surface area contributed by atoms with E-state index < -0.39 is 6.04 Å². The summed E-state index contributed by atoms with van der Waals surface area (Å²) in [4.78, 5) is 14.7. The molecule has 1 aromatic rings. The molecular formula is C13H19N3O2S. The molecule has 1 heterocycles. The lowest BCUT2D eigenvalue weighted by Gasteiger charge is -2.36. The molecule has 1 aromatic carbocycles. The van der Waals surface area contributed by atoms with E-state index in [1.807, 2.05) is 29.4 Å². The van der Waals surface area contributed by atoms with Gasteiger partial charge in [-0.3, -0.25) is 4.79 Å². The molecule has 1 aliphatic rings. The number of carbonyl (C=O) groups excluding carboxylic acids is 1. The van der Waals surface area contributed by atoms with Crippen LogP contribution in [0.25, 0.3) is 0 Å². The summed E-state index contributed by atoms with van der Waals surface area (Å²) in [7, 11) is 0. The van der Waals surface area contributed by atoms with E-state index in [0.29, 0.717) is 26.3 Å². The number of morpholine rings is 1. The normalized spacial score (nSPS) is 19.5. The minimum absolute atomic E-state index is 0.336. The van der Waals surface area contributed by atoms with Crippen LogP contribution >= 0.6 is 11.8 Å². The van der Waals surface area contributed by atoms with Crippen molar-refractivity contribution in [2.75, 3.05) is 30.9 Å². The van der Waals surface area contributed by atoms with Gasteiger partial charge in [0.25, 0.3) is 0 Å². The highest BCUT2D eigenvalue weighted by Gasteiger charge is 2.29.